The van der Waals surface area contributed by atoms with Crippen LogP contribution in [0.1, 0.15) is 32.6 Å². The summed E-state index contributed by atoms with van der Waals surface area (Å²) < 4.78 is 0. The van der Waals surface area contributed by atoms with Crippen molar-refractivity contribution in [1.29, 1.82) is 0 Å². The van der Waals surface area contributed by atoms with Gasteiger partial charge in [-0.05, 0) is 26.2 Å². The SMILES string of the molecule is CC(NC(=O)CC1CSCCN1)C(=O)N1CCCCC1.Cl. The van der Waals surface area contributed by atoms with Gasteiger partial charge in [0.05, 0.1) is 0 Å². The van der Waals surface area contributed by atoms with Crippen LogP contribution in [0.15, 0.2) is 0 Å². The molecule has 21 heavy (non-hydrogen) atoms. The van der Waals surface area contributed by atoms with Crippen LogP contribution in [0.25, 0.3) is 0 Å². The molecule has 2 fully saturated rings. The number of piperidine rings is 1. The minimum absolute atomic E-state index is 0. The van der Waals surface area contributed by atoms with E-state index in [9.17, 15) is 9.59 Å². The molecule has 0 saturated carbocycles. The minimum Gasteiger partial charge on any atom is -0.345 e. The van der Waals surface area contributed by atoms with Gasteiger partial charge in [-0.2, -0.15) is 11.8 Å². The zero-order valence-corrected chi connectivity index (χ0v) is 14.2. The summed E-state index contributed by atoms with van der Waals surface area (Å²) in [6, 6.07) is -0.164. The Balaban J connectivity index is 0.00000220. The van der Waals surface area contributed by atoms with E-state index in [4.69, 9.17) is 0 Å². The third kappa shape index (κ3) is 6.04. The van der Waals surface area contributed by atoms with Crippen molar-refractivity contribution in [3.05, 3.63) is 0 Å². The molecule has 5 nitrogen and oxygen atoms in total. The van der Waals surface area contributed by atoms with Crippen LogP contribution in [0.5, 0.6) is 0 Å². The standard InChI is InChI=1S/C14H25N3O2S.ClH/c1-11(14(19)17-6-3-2-4-7-17)16-13(18)9-12-10-20-8-5-15-12;/h11-12,15H,2-10H2,1H3,(H,16,18);1H. The lowest BCUT2D eigenvalue weighted by Gasteiger charge is -2.30. The van der Waals surface area contributed by atoms with Crippen LogP contribution in [0.3, 0.4) is 0 Å². The quantitative estimate of drug-likeness (QED) is 0.805. The van der Waals surface area contributed by atoms with Crippen LogP contribution < -0.4 is 10.6 Å². The molecule has 2 rings (SSSR count). The molecule has 0 aromatic rings. The lowest BCUT2D eigenvalue weighted by Crippen LogP contribution is -2.50. The summed E-state index contributed by atoms with van der Waals surface area (Å²) in [4.78, 5) is 26.1. The average Bonchev–Trinajstić information content (AvgIpc) is 2.48. The summed E-state index contributed by atoms with van der Waals surface area (Å²) in [5.74, 6) is 2.12. The van der Waals surface area contributed by atoms with Crippen LogP contribution in [-0.4, -0.2) is 59.9 Å². The molecule has 2 aliphatic rings. The second kappa shape index (κ2) is 9.54. The molecule has 2 heterocycles. The van der Waals surface area contributed by atoms with E-state index in [0.717, 1.165) is 44.0 Å². The Kier molecular flexibility index (Phi) is 8.44. The summed E-state index contributed by atoms with van der Waals surface area (Å²) in [7, 11) is 0. The number of hydrogen-bond donors (Lipinski definition) is 2. The van der Waals surface area contributed by atoms with Gasteiger partial charge in [-0.15, -0.1) is 12.4 Å². The number of rotatable bonds is 4. The smallest absolute Gasteiger partial charge is 0.244 e. The van der Waals surface area contributed by atoms with Crippen molar-refractivity contribution < 1.29 is 9.59 Å². The van der Waals surface area contributed by atoms with Crippen molar-refractivity contribution >= 4 is 36.0 Å². The summed E-state index contributed by atoms with van der Waals surface area (Å²) in [5, 5.41) is 6.18. The second-order valence-electron chi connectivity index (χ2n) is 5.61. The molecule has 2 amide bonds. The fraction of sp³-hybridized carbons (Fsp3) is 0.857. The van der Waals surface area contributed by atoms with Gasteiger partial charge in [0.25, 0.3) is 0 Å². The molecule has 0 aromatic heterocycles. The van der Waals surface area contributed by atoms with E-state index in [1.807, 2.05) is 16.7 Å². The highest BCUT2D eigenvalue weighted by Gasteiger charge is 2.24. The van der Waals surface area contributed by atoms with Gasteiger partial charge < -0.3 is 15.5 Å². The van der Waals surface area contributed by atoms with Crippen molar-refractivity contribution in [3.8, 4) is 0 Å². The Hall–Kier alpha value is -0.460. The molecule has 2 atom stereocenters. The molecule has 2 unspecified atom stereocenters. The maximum absolute atomic E-state index is 12.2. The van der Waals surface area contributed by atoms with E-state index in [-0.39, 0.29) is 30.3 Å². The van der Waals surface area contributed by atoms with Gasteiger partial charge in [-0.3, -0.25) is 9.59 Å². The van der Waals surface area contributed by atoms with Crippen molar-refractivity contribution in [1.82, 2.24) is 15.5 Å². The highest BCUT2D eigenvalue weighted by atomic mass is 35.5. The predicted molar refractivity (Wildman–Crippen MR) is 89.0 cm³/mol. The van der Waals surface area contributed by atoms with Gasteiger partial charge in [-0.1, -0.05) is 0 Å². The molecular weight excluding hydrogens is 310 g/mol. The predicted octanol–water partition coefficient (Wildman–Crippen LogP) is 1.02. The van der Waals surface area contributed by atoms with E-state index in [0.29, 0.717) is 6.42 Å². The van der Waals surface area contributed by atoms with E-state index in [1.165, 1.54) is 6.42 Å². The molecule has 0 spiro atoms. The van der Waals surface area contributed by atoms with Crippen LogP contribution in [0.2, 0.25) is 0 Å². The molecule has 2 N–H and O–H groups in total. The Labute approximate surface area is 137 Å². The molecule has 0 radical (unpaired) electrons. The number of hydrogen-bond acceptors (Lipinski definition) is 4. The fourth-order valence-electron chi connectivity index (χ4n) is 2.72. The first-order valence-corrected chi connectivity index (χ1v) is 8.71. The molecule has 122 valence electrons. The van der Waals surface area contributed by atoms with Gasteiger partial charge in [-0.25, -0.2) is 0 Å². The number of carbonyl (C=O) groups excluding carboxylic acids is 2. The van der Waals surface area contributed by atoms with Crippen LogP contribution >= 0.6 is 24.2 Å². The highest BCUT2D eigenvalue weighted by Crippen LogP contribution is 2.11. The van der Waals surface area contributed by atoms with Gasteiger partial charge in [0.15, 0.2) is 0 Å². The number of nitrogens with zero attached hydrogens (tertiary/aromatic N) is 1. The molecule has 7 heteroatoms. The number of thioether (sulfide) groups is 1. The minimum atomic E-state index is -0.406. The Morgan fingerprint density at radius 1 is 1.33 bits per heavy atom. The Bertz CT molecular complexity index is 345. The van der Waals surface area contributed by atoms with Gasteiger partial charge >= 0.3 is 0 Å². The maximum Gasteiger partial charge on any atom is 0.244 e. The molecule has 0 bridgehead atoms. The number of likely N-dealkylation sites (tertiary alicyclic amines) is 1. The van der Waals surface area contributed by atoms with E-state index in [1.54, 1.807) is 6.92 Å². The number of amides is 2. The molecular formula is C14H26ClN3O2S. The highest BCUT2D eigenvalue weighted by molar-refractivity contribution is 7.99. The van der Waals surface area contributed by atoms with E-state index < -0.39 is 6.04 Å². The summed E-state index contributed by atoms with van der Waals surface area (Å²) >= 11 is 1.88. The summed E-state index contributed by atoms with van der Waals surface area (Å²) in [6.07, 6.45) is 3.82. The number of nitrogens with one attached hydrogen (secondary N) is 2. The molecule has 0 aromatic carbocycles. The fourth-order valence-corrected chi connectivity index (χ4v) is 3.67. The number of carbonyl (C=O) groups is 2. The summed E-state index contributed by atoms with van der Waals surface area (Å²) in [5.41, 5.74) is 0. The maximum atomic E-state index is 12.2. The van der Waals surface area contributed by atoms with Crippen LogP contribution in [-0.2, 0) is 9.59 Å². The van der Waals surface area contributed by atoms with Gasteiger partial charge in [0.2, 0.25) is 11.8 Å². The third-order valence-electron chi connectivity index (χ3n) is 3.85. The Morgan fingerprint density at radius 3 is 2.67 bits per heavy atom. The zero-order chi connectivity index (χ0) is 14.4. The first kappa shape index (κ1) is 18.6. The first-order chi connectivity index (χ1) is 9.66. The van der Waals surface area contributed by atoms with E-state index in [2.05, 4.69) is 10.6 Å². The van der Waals surface area contributed by atoms with Crippen molar-refractivity contribution in [3.63, 3.8) is 0 Å². The lowest BCUT2D eigenvalue weighted by molar-refractivity contribution is -0.136. The normalized spacial score (nSPS) is 23.9. The molecule has 0 aliphatic carbocycles. The molecule has 2 aliphatic heterocycles. The zero-order valence-electron chi connectivity index (χ0n) is 12.6. The molecule has 2 saturated heterocycles. The third-order valence-corrected chi connectivity index (χ3v) is 4.98. The van der Waals surface area contributed by atoms with Crippen molar-refractivity contribution in [2.24, 2.45) is 0 Å². The average molecular weight is 336 g/mol. The first-order valence-electron chi connectivity index (χ1n) is 7.56. The van der Waals surface area contributed by atoms with Crippen molar-refractivity contribution in [2.75, 3.05) is 31.1 Å². The van der Waals surface area contributed by atoms with Crippen molar-refractivity contribution in [2.45, 2.75) is 44.7 Å². The number of halogens is 1. The van der Waals surface area contributed by atoms with Gasteiger partial charge in [0, 0.05) is 43.6 Å². The van der Waals surface area contributed by atoms with E-state index >= 15 is 0 Å². The summed E-state index contributed by atoms with van der Waals surface area (Å²) in [6.45, 7) is 4.42. The van der Waals surface area contributed by atoms with Gasteiger partial charge in [0.1, 0.15) is 6.04 Å². The Morgan fingerprint density at radius 2 is 2.05 bits per heavy atom. The van der Waals surface area contributed by atoms with Crippen LogP contribution in [0.4, 0.5) is 0 Å². The topological polar surface area (TPSA) is 61.4 Å². The second-order valence-corrected chi connectivity index (χ2v) is 6.76. The van der Waals surface area contributed by atoms with Crippen LogP contribution in [0, 0.1) is 0 Å². The lowest BCUT2D eigenvalue weighted by atomic mass is 10.1. The largest absolute Gasteiger partial charge is 0.345 e. The monoisotopic (exact) mass is 335 g/mol.